The average molecular weight is 359 g/mol. The summed E-state index contributed by atoms with van der Waals surface area (Å²) in [5.41, 5.74) is 5.25. The minimum Gasteiger partial charge on any atom is -0.264 e. The number of hydrogen-bond acceptors (Lipinski definition) is 2. The summed E-state index contributed by atoms with van der Waals surface area (Å²) in [6, 6.07) is 6.55. The normalized spacial score (nSPS) is 10.3. The van der Waals surface area contributed by atoms with E-state index in [9.17, 15) is 0 Å². The minimum absolute atomic E-state index is 0. The summed E-state index contributed by atoms with van der Waals surface area (Å²) >= 11 is 0. The molecule has 0 saturated heterocycles. The van der Waals surface area contributed by atoms with Gasteiger partial charge in [-0.25, -0.2) is 0 Å². The number of hydrogen-bond donors (Lipinski definition) is 0. The Labute approximate surface area is 163 Å². The molecule has 26 heavy (non-hydrogen) atoms. The topological polar surface area (TPSA) is 25.8 Å². The van der Waals surface area contributed by atoms with Crippen molar-refractivity contribution in [1.29, 1.82) is 0 Å². The van der Waals surface area contributed by atoms with E-state index in [0.717, 1.165) is 0 Å². The van der Waals surface area contributed by atoms with Gasteiger partial charge in [0.05, 0.1) is 0 Å². The highest BCUT2D eigenvalue weighted by molar-refractivity contribution is 5.23. The van der Waals surface area contributed by atoms with Crippen molar-refractivity contribution in [3.8, 4) is 0 Å². The first-order valence-electron chi connectivity index (χ1n) is 9.13. The first-order valence-corrected chi connectivity index (χ1v) is 9.13. The van der Waals surface area contributed by atoms with Crippen LogP contribution in [0, 0.1) is 0 Å². The molecular formula is C24H42N2. The Hall–Kier alpha value is -1.70. The number of nitrogens with zero attached hydrogens (tertiary/aromatic N) is 2. The highest BCUT2D eigenvalue weighted by Gasteiger charge is 2.04. The zero-order valence-electron chi connectivity index (χ0n) is 16.7. The molecule has 148 valence electrons. The van der Waals surface area contributed by atoms with Crippen LogP contribution in [0.3, 0.4) is 0 Å². The smallest absolute Gasteiger partial charge is 0.0431 e. The largest absolute Gasteiger partial charge is 0.264 e. The second kappa shape index (κ2) is 12.6. The van der Waals surface area contributed by atoms with Gasteiger partial charge in [0.1, 0.15) is 0 Å². The summed E-state index contributed by atoms with van der Waals surface area (Å²) in [5, 5.41) is 0. The van der Waals surface area contributed by atoms with Crippen molar-refractivity contribution >= 4 is 0 Å². The van der Waals surface area contributed by atoms with Crippen LogP contribution in [0.25, 0.3) is 0 Å². The van der Waals surface area contributed by atoms with Crippen LogP contribution in [0.15, 0.2) is 36.8 Å². The maximum Gasteiger partial charge on any atom is 0.0431 e. The molecule has 2 aromatic rings. The molecule has 0 aromatic carbocycles. The van der Waals surface area contributed by atoms with E-state index in [1.54, 1.807) is 0 Å². The van der Waals surface area contributed by atoms with Crippen LogP contribution in [0.4, 0.5) is 0 Å². The van der Waals surface area contributed by atoms with Crippen LogP contribution in [0.1, 0.15) is 116 Å². The predicted molar refractivity (Wildman–Crippen MR) is 118 cm³/mol. The lowest BCUT2D eigenvalue weighted by Gasteiger charge is -2.09. The van der Waals surface area contributed by atoms with E-state index in [-0.39, 0.29) is 14.9 Å². The van der Waals surface area contributed by atoms with Crippen LogP contribution in [-0.2, 0) is 0 Å². The zero-order valence-corrected chi connectivity index (χ0v) is 16.7. The predicted octanol–water partition coefficient (Wildman–Crippen LogP) is 7.93. The Morgan fingerprint density at radius 2 is 1.08 bits per heavy atom. The van der Waals surface area contributed by atoms with Crippen molar-refractivity contribution in [1.82, 2.24) is 9.97 Å². The molecule has 2 nitrogen and oxygen atoms in total. The molecular weight excluding hydrogens is 316 g/mol. The van der Waals surface area contributed by atoms with E-state index >= 15 is 0 Å². The molecule has 0 bridgehead atoms. The van der Waals surface area contributed by atoms with Crippen LogP contribution < -0.4 is 0 Å². The average Bonchev–Trinajstić information content (AvgIpc) is 2.55. The van der Waals surface area contributed by atoms with Crippen molar-refractivity contribution < 1.29 is 0 Å². The third-order valence-corrected chi connectivity index (χ3v) is 4.18. The third-order valence-electron chi connectivity index (χ3n) is 4.18. The summed E-state index contributed by atoms with van der Waals surface area (Å²) in [4.78, 5) is 8.55. The number of pyridine rings is 2. The Bertz CT molecular complexity index is 511. The molecule has 0 unspecified atom stereocenters. The summed E-state index contributed by atoms with van der Waals surface area (Å²) in [5.74, 6) is 2.29. The Morgan fingerprint density at radius 1 is 0.615 bits per heavy atom. The van der Waals surface area contributed by atoms with Crippen molar-refractivity contribution in [3.63, 3.8) is 0 Å². The van der Waals surface area contributed by atoms with Crippen LogP contribution in [0.2, 0.25) is 0 Å². The molecule has 0 N–H and O–H groups in total. The Balaban J connectivity index is 0. The summed E-state index contributed by atoms with van der Waals surface area (Å²) < 4.78 is 0. The van der Waals surface area contributed by atoms with Gasteiger partial charge < -0.3 is 0 Å². The van der Waals surface area contributed by atoms with Gasteiger partial charge in [0, 0.05) is 24.3 Å². The molecule has 2 aromatic heterocycles. The number of aromatic nitrogens is 2. The van der Waals surface area contributed by atoms with Gasteiger partial charge in [0.2, 0.25) is 0 Å². The van der Waals surface area contributed by atoms with Gasteiger partial charge in [-0.05, 0) is 52.5 Å². The first kappa shape index (κ1) is 26.5. The Morgan fingerprint density at radius 3 is 1.46 bits per heavy atom. The fraction of sp³-hybridized carbons (Fsp3) is 0.583. The summed E-state index contributed by atoms with van der Waals surface area (Å²) in [6.07, 6.45) is 5.82. The molecule has 0 atom stereocenters. The lowest BCUT2D eigenvalue weighted by atomic mass is 9.99. The van der Waals surface area contributed by atoms with Gasteiger partial charge in [-0.3, -0.25) is 9.97 Å². The summed E-state index contributed by atoms with van der Waals surface area (Å²) in [7, 11) is 0. The maximum atomic E-state index is 4.32. The molecule has 0 aliphatic carbocycles. The molecule has 2 heterocycles. The summed E-state index contributed by atoms with van der Waals surface area (Å²) in [6.45, 7) is 17.5. The molecule has 0 aliphatic heterocycles. The number of rotatable bonds is 4. The van der Waals surface area contributed by atoms with Crippen LogP contribution in [-0.4, -0.2) is 9.97 Å². The van der Waals surface area contributed by atoms with Gasteiger partial charge in [0.25, 0.3) is 0 Å². The minimum atomic E-state index is 0. The lowest BCUT2D eigenvalue weighted by Crippen LogP contribution is -1.95. The van der Waals surface area contributed by atoms with E-state index in [1.165, 1.54) is 22.4 Å². The van der Waals surface area contributed by atoms with Crippen molar-refractivity contribution in [2.24, 2.45) is 0 Å². The monoisotopic (exact) mass is 358 g/mol. The Kier molecular flexibility index (Phi) is 12.9. The maximum absolute atomic E-state index is 4.32. The van der Waals surface area contributed by atoms with E-state index in [2.05, 4.69) is 83.6 Å². The van der Waals surface area contributed by atoms with Gasteiger partial charge in [-0.2, -0.15) is 0 Å². The van der Waals surface area contributed by atoms with Gasteiger partial charge in [-0.1, -0.05) is 76.3 Å². The third kappa shape index (κ3) is 8.60. The van der Waals surface area contributed by atoms with E-state index < -0.39 is 0 Å². The fourth-order valence-corrected chi connectivity index (χ4v) is 2.25. The van der Waals surface area contributed by atoms with Crippen molar-refractivity contribution in [2.45, 2.75) is 93.9 Å². The van der Waals surface area contributed by atoms with Gasteiger partial charge in [-0.15, -0.1) is 0 Å². The van der Waals surface area contributed by atoms with Gasteiger partial charge in [0.15, 0.2) is 0 Å². The molecule has 0 aliphatic rings. The second-order valence-corrected chi connectivity index (χ2v) is 7.68. The molecule has 0 spiro atoms. The van der Waals surface area contributed by atoms with Crippen molar-refractivity contribution in [2.75, 3.05) is 0 Å². The molecule has 0 radical (unpaired) electrons. The van der Waals surface area contributed by atoms with E-state index in [1.807, 2.05) is 18.6 Å². The molecule has 0 saturated carbocycles. The van der Waals surface area contributed by atoms with Gasteiger partial charge >= 0.3 is 0 Å². The second-order valence-electron chi connectivity index (χ2n) is 7.68. The molecule has 2 heteroatoms. The van der Waals surface area contributed by atoms with Crippen LogP contribution >= 0.6 is 0 Å². The standard InChI is InChI=1S/2C11H17N.2CH4/c1-8(2)10-5-11(9(3)4)7-12-6-10;1-8(2)10-5-6-12-11(7-10)9(3)4;;/h2*5-9H,1-4H3;2*1H4. The molecule has 0 fully saturated rings. The highest BCUT2D eigenvalue weighted by Crippen LogP contribution is 2.19. The van der Waals surface area contributed by atoms with E-state index in [0.29, 0.717) is 23.7 Å². The lowest BCUT2D eigenvalue weighted by molar-refractivity contribution is 0.799. The molecule has 0 amide bonds. The van der Waals surface area contributed by atoms with E-state index in [4.69, 9.17) is 0 Å². The SMILES string of the molecule is C.C.CC(C)c1ccnc(C(C)C)c1.CC(C)c1cncc(C(C)C)c1. The highest BCUT2D eigenvalue weighted by atomic mass is 14.7. The van der Waals surface area contributed by atoms with Crippen LogP contribution in [0.5, 0.6) is 0 Å². The van der Waals surface area contributed by atoms with Crippen molar-refractivity contribution in [3.05, 3.63) is 59.2 Å². The molecule has 2 rings (SSSR count). The quantitative estimate of drug-likeness (QED) is 0.554. The fourth-order valence-electron chi connectivity index (χ4n) is 2.25. The zero-order chi connectivity index (χ0) is 18.3. The first-order chi connectivity index (χ1) is 11.2.